The van der Waals surface area contributed by atoms with Gasteiger partial charge in [-0.25, -0.2) is 0 Å². The number of hydrogen-bond acceptors (Lipinski definition) is 3. The Balaban J connectivity index is 1.92. The lowest BCUT2D eigenvalue weighted by atomic mass is 9.77. The Hall–Kier alpha value is -0.610. The minimum absolute atomic E-state index is 0.165. The Morgan fingerprint density at radius 2 is 2.05 bits per heavy atom. The van der Waals surface area contributed by atoms with Gasteiger partial charge in [0, 0.05) is 25.8 Å². The summed E-state index contributed by atoms with van der Waals surface area (Å²) in [6, 6.07) is 0.343. The van der Waals surface area contributed by atoms with Gasteiger partial charge in [0.2, 0.25) is 5.91 Å². The average molecular weight is 282 g/mol. The van der Waals surface area contributed by atoms with Crippen LogP contribution in [0.15, 0.2) is 0 Å². The van der Waals surface area contributed by atoms with Crippen molar-refractivity contribution in [3.63, 3.8) is 0 Å². The Labute approximate surface area is 122 Å². The van der Waals surface area contributed by atoms with E-state index in [2.05, 4.69) is 19.2 Å². The van der Waals surface area contributed by atoms with Crippen LogP contribution in [0, 0.1) is 17.3 Å². The van der Waals surface area contributed by atoms with Gasteiger partial charge in [-0.1, -0.05) is 26.7 Å². The number of amides is 1. The smallest absolute Gasteiger partial charge is 0.227 e. The van der Waals surface area contributed by atoms with Gasteiger partial charge in [0.15, 0.2) is 0 Å². The van der Waals surface area contributed by atoms with Gasteiger partial charge in [0.1, 0.15) is 0 Å². The van der Waals surface area contributed by atoms with E-state index in [9.17, 15) is 4.79 Å². The summed E-state index contributed by atoms with van der Waals surface area (Å²) in [5.41, 5.74) is 5.52. The molecular formula is C16H30N2O2. The molecule has 20 heavy (non-hydrogen) atoms. The first-order valence-corrected chi connectivity index (χ1v) is 8.16. The summed E-state index contributed by atoms with van der Waals surface area (Å²) < 4.78 is 5.38. The van der Waals surface area contributed by atoms with Crippen LogP contribution >= 0.6 is 0 Å². The van der Waals surface area contributed by atoms with Crippen molar-refractivity contribution in [2.24, 2.45) is 23.0 Å². The van der Waals surface area contributed by atoms with Crippen molar-refractivity contribution >= 4 is 5.91 Å². The quantitative estimate of drug-likeness (QED) is 0.829. The lowest BCUT2D eigenvalue weighted by Gasteiger charge is -2.38. The van der Waals surface area contributed by atoms with Crippen LogP contribution in [-0.4, -0.2) is 31.7 Å². The van der Waals surface area contributed by atoms with Gasteiger partial charge >= 0.3 is 0 Å². The van der Waals surface area contributed by atoms with E-state index >= 15 is 0 Å². The molecule has 1 amide bonds. The number of carbonyl (C=O) groups excluding carboxylic acids is 1. The topological polar surface area (TPSA) is 64.4 Å². The van der Waals surface area contributed by atoms with E-state index in [4.69, 9.17) is 10.5 Å². The van der Waals surface area contributed by atoms with Gasteiger partial charge in [0.05, 0.1) is 5.41 Å². The largest absolute Gasteiger partial charge is 0.381 e. The summed E-state index contributed by atoms with van der Waals surface area (Å²) >= 11 is 0. The molecule has 0 spiro atoms. The summed E-state index contributed by atoms with van der Waals surface area (Å²) in [7, 11) is 0. The number of ether oxygens (including phenoxy) is 1. The second-order valence-electron chi connectivity index (χ2n) is 6.94. The maximum absolute atomic E-state index is 12.6. The molecule has 1 aliphatic heterocycles. The monoisotopic (exact) mass is 282 g/mol. The van der Waals surface area contributed by atoms with E-state index in [1.807, 2.05) is 0 Å². The highest BCUT2D eigenvalue weighted by Crippen LogP contribution is 2.33. The standard InChI is InChI=1S/C16H30N2O2/c1-12(2)13-4-3-5-14(10-13)18-15(19)16(11-17)6-8-20-9-7-16/h12-14H,3-11,17H2,1-2H3,(H,18,19). The SMILES string of the molecule is CC(C)C1CCCC(NC(=O)C2(CN)CCOCC2)C1. The van der Waals surface area contributed by atoms with Crippen LogP contribution in [0.25, 0.3) is 0 Å². The first kappa shape index (κ1) is 15.8. The molecule has 0 bridgehead atoms. The zero-order valence-electron chi connectivity index (χ0n) is 13.0. The fourth-order valence-electron chi connectivity index (χ4n) is 3.59. The molecule has 0 aromatic carbocycles. The summed E-state index contributed by atoms with van der Waals surface area (Å²) in [6.45, 7) is 6.32. The Morgan fingerprint density at radius 3 is 2.65 bits per heavy atom. The highest BCUT2D eigenvalue weighted by molar-refractivity contribution is 5.83. The summed E-state index contributed by atoms with van der Waals surface area (Å²) in [6.07, 6.45) is 6.30. The molecule has 2 unspecified atom stereocenters. The number of nitrogens with two attached hydrogens (primary N) is 1. The molecule has 4 heteroatoms. The molecule has 1 aliphatic carbocycles. The first-order valence-electron chi connectivity index (χ1n) is 8.16. The third kappa shape index (κ3) is 3.53. The molecule has 0 radical (unpaired) electrons. The molecule has 2 rings (SSSR count). The van der Waals surface area contributed by atoms with Gasteiger partial charge in [-0.3, -0.25) is 4.79 Å². The van der Waals surface area contributed by atoms with Crippen LogP contribution < -0.4 is 11.1 Å². The van der Waals surface area contributed by atoms with Crippen LogP contribution in [0.5, 0.6) is 0 Å². The van der Waals surface area contributed by atoms with Crippen molar-refractivity contribution in [2.45, 2.75) is 58.4 Å². The van der Waals surface area contributed by atoms with Gasteiger partial charge in [-0.2, -0.15) is 0 Å². The summed E-state index contributed by atoms with van der Waals surface area (Å²) in [5.74, 6) is 1.62. The molecule has 1 heterocycles. The van der Waals surface area contributed by atoms with E-state index < -0.39 is 0 Å². The van der Waals surface area contributed by atoms with Gasteiger partial charge < -0.3 is 15.8 Å². The molecule has 3 N–H and O–H groups in total. The van der Waals surface area contributed by atoms with E-state index in [1.165, 1.54) is 12.8 Å². The molecule has 0 aromatic heterocycles. The van der Waals surface area contributed by atoms with E-state index in [1.54, 1.807) is 0 Å². The summed E-state index contributed by atoms with van der Waals surface area (Å²) in [5, 5.41) is 3.29. The van der Waals surface area contributed by atoms with Crippen LogP contribution in [-0.2, 0) is 9.53 Å². The highest BCUT2D eigenvalue weighted by atomic mass is 16.5. The Bertz CT molecular complexity index is 324. The van der Waals surface area contributed by atoms with Crippen LogP contribution in [0.4, 0.5) is 0 Å². The van der Waals surface area contributed by atoms with Gasteiger partial charge in [-0.05, 0) is 37.5 Å². The predicted molar refractivity (Wildman–Crippen MR) is 80.3 cm³/mol. The van der Waals surface area contributed by atoms with Crippen molar-refractivity contribution in [3.8, 4) is 0 Å². The molecule has 0 aromatic rings. The molecule has 1 saturated heterocycles. The predicted octanol–water partition coefficient (Wildman–Crippen LogP) is 2.07. The molecule has 2 atom stereocenters. The first-order chi connectivity index (χ1) is 9.57. The molecular weight excluding hydrogens is 252 g/mol. The molecule has 2 fully saturated rings. The maximum atomic E-state index is 12.6. The zero-order chi connectivity index (χ0) is 14.6. The van der Waals surface area contributed by atoms with Crippen molar-refractivity contribution in [1.82, 2.24) is 5.32 Å². The van der Waals surface area contributed by atoms with Crippen molar-refractivity contribution in [1.29, 1.82) is 0 Å². The third-order valence-corrected chi connectivity index (χ3v) is 5.32. The molecule has 2 aliphatic rings. The van der Waals surface area contributed by atoms with Crippen LogP contribution in [0.1, 0.15) is 52.4 Å². The highest BCUT2D eigenvalue weighted by Gasteiger charge is 2.40. The second kappa shape index (κ2) is 6.90. The number of nitrogens with one attached hydrogen (secondary N) is 1. The zero-order valence-corrected chi connectivity index (χ0v) is 13.0. The maximum Gasteiger partial charge on any atom is 0.227 e. The van der Waals surface area contributed by atoms with Crippen LogP contribution in [0.3, 0.4) is 0 Å². The minimum Gasteiger partial charge on any atom is -0.381 e. The third-order valence-electron chi connectivity index (χ3n) is 5.32. The average Bonchev–Trinajstić information content (AvgIpc) is 2.48. The van der Waals surface area contributed by atoms with Crippen molar-refractivity contribution in [2.75, 3.05) is 19.8 Å². The molecule has 116 valence electrons. The fraction of sp³-hybridized carbons (Fsp3) is 0.938. The Kier molecular flexibility index (Phi) is 5.44. The molecule has 1 saturated carbocycles. The van der Waals surface area contributed by atoms with Crippen molar-refractivity contribution in [3.05, 3.63) is 0 Å². The van der Waals surface area contributed by atoms with Crippen LogP contribution in [0.2, 0.25) is 0 Å². The van der Waals surface area contributed by atoms with Gasteiger partial charge in [0.25, 0.3) is 0 Å². The van der Waals surface area contributed by atoms with E-state index in [0.29, 0.717) is 31.7 Å². The lowest BCUT2D eigenvalue weighted by Crippen LogP contribution is -2.52. The molecule has 4 nitrogen and oxygen atoms in total. The minimum atomic E-state index is -0.386. The number of carbonyl (C=O) groups is 1. The lowest BCUT2D eigenvalue weighted by molar-refractivity contribution is -0.137. The number of hydrogen-bond donors (Lipinski definition) is 2. The van der Waals surface area contributed by atoms with Crippen molar-refractivity contribution < 1.29 is 9.53 Å². The fourth-order valence-corrected chi connectivity index (χ4v) is 3.59. The van der Waals surface area contributed by atoms with E-state index in [-0.39, 0.29) is 11.3 Å². The Morgan fingerprint density at radius 1 is 1.35 bits per heavy atom. The normalized spacial score (nSPS) is 30.2. The van der Waals surface area contributed by atoms with Gasteiger partial charge in [-0.15, -0.1) is 0 Å². The summed E-state index contributed by atoms with van der Waals surface area (Å²) in [4.78, 5) is 12.6. The number of rotatable bonds is 4. The second-order valence-corrected chi connectivity index (χ2v) is 6.94. The van der Waals surface area contributed by atoms with E-state index in [0.717, 1.165) is 31.6 Å².